The summed E-state index contributed by atoms with van der Waals surface area (Å²) in [6.07, 6.45) is 6.23. The maximum atomic E-state index is 5.75. The van der Waals surface area contributed by atoms with Crippen molar-refractivity contribution in [2.45, 2.75) is 44.9 Å². The molecule has 0 saturated heterocycles. The molecule has 0 saturated carbocycles. The fourth-order valence-corrected chi connectivity index (χ4v) is 4.70. The second-order valence-electron chi connectivity index (χ2n) is 4.87. The first-order valence-corrected chi connectivity index (χ1v) is 11.4. The van der Waals surface area contributed by atoms with Gasteiger partial charge < -0.3 is 0 Å². The summed E-state index contributed by atoms with van der Waals surface area (Å²) in [6.45, 7) is 2.24. The van der Waals surface area contributed by atoms with Crippen LogP contribution in [0.15, 0.2) is 30.3 Å². The van der Waals surface area contributed by atoms with Crippen molar-refractivity contribution in [2.75, 3.05) is 5.75 Å². The van der Waals surface area contributed by atoms with Crippen LogP contribution in [0.4, 0.5) is 0 Å². The molecule has 0 amide bonds. The number of rotatable bonds is 9. The quantitative estimate of drug-likeness (QED) is 0.516. The van der Waals surface area contributed by atoms with Crippen LogP contribution in [0, 0.1) is 0 Å². The van der Waals surface area contributed by atoms with E-state index in [1.54, 1.807) is 11.4 Å². The standard InChI is InChI=1S/C14H25N2PS2/c1-2-3-5-8-14(11-12-19-17(15,16)18)13-9-6-4-7-10-13/h4,6-7,9-10,14H,2-3,5,8,11-12H2,1H3,(H4,15,16,18). The average Bonchev–Trinajstić information content (AvgIpc) is 2.37. The first-order chi connectivity index (χ1) is 9.03. The van der Waals surface area contributed by atoms with Gasteiger partial charge >= 0.3 is 0 Å². The van der Waals surface area contributed by atoms with Crippen LogP contribution < -0.4 is 11.0 Å². The number of hydrogen-bond donors (Lipinski definition) is 2. The molecule has 19 heavy (non-hydrogen) atoms. The SMILES string of the molecule is CCCCCC(CCSP(N)(N)=S)c1ccccc1. The molecule has 1 aromatic rings. The molecule has 0 heterocycles. The van der Waals surface area contributed by atoms with Crippen molar-refractivity contribution >= 4 is 28.7 Å². The lowest BCUT2D eigenvalue weighted by molar-refractivity contribution is 0.556. The Balaban J connectivity index is 2.52. The van der Waals surface area contributed by atoms with Gasteiger partial charge in [0.1, 0.15) is 5.54 Å². The molecule has 0 bridgehead atoms. The normalized spacial score (nSPS) is 13.4. The second-order valence-corrected chi connectivity index (χ2v) is 11.9. The summed E-state index contributed by atoms with van der Waals surface area (Å²) in [5.74, 6) is 1.58. The number of hydrogen-bond acceptors (Lipinski definition) is 2. The maximum Gasteiger partial charge on any atom is 0.122 e. The number of unbranched alkanes of at least 4 members (excludes halogenated alkanes) is 2. The van der Waals surface area contributed by atoms with Crippen LogP contribution in [-0.2, 0) is 11.8 Å². The van der Waals surface area contributed by atoms with Gasteiger partial charge in [0.15, 0.2) is 0 Å². The van der Waals surface area contributed by atoms with Gasteiger partial charge in [-0.05, 0) is 24.3 Å². The maximum absolute atomic E-state index is 5.75. The van der Waals surface area contributed by atoms with E-state index in [9.17, 15) is 0 Å². The number of benzene rings is 1. The van der Waals surface area contributed by atoms with Gasteiger partial charge in [-0.1, -0.05) is 79.7 Å². The lowest BCUT2D eigenvalue weighted by atomic mass is 9.91. The lowest BCUT2D eigenvalue weighted by Crippen LogP contribution is -2.04. The van der Waals surface area contributed by atoms with E-state index in [4.69, 9.17) is 22.8 Å². The fraction of sp³-hybridized carbons (Fsp3) is 0.571. The van der Waals surface area contributed by atoms with Crippen molar-refractivity contribution in [3.8, 4) is 0 Å². The summed E-state index contributed by atoms with van der Waals surface area (Å²) in [5.41, 5.74) is 10.8. The van der Waals surface area contributed by atoms with Gasteiger partial charge in [-0.25, -0.2) is 0 Å². The fourth-order valence-electron chi connectivity index (χ4n) is 2.18. The number of nitrogens with two attached hydrogens (primary N) is 2. The van der Waals surface area contributed by atoms with Crippen molar-refractivity contribution in [1.29, 1.82) is 0 Å². The van der Waals surface area contributed by atoms with E-state index in [0.29, 0.717) is 5.92 Å². The first kappa shape index (κ1) is 17.2. The predicted molar refractivity (Wildman–Crippen MR) is 93.1 cm³/mol. The predicted octanol–water partition coefficient (Wildman–Crippen LogP) is 4.62. The zero-order chi connectivity index (χ0) is 14.1. The Morgan fingerprint density at radius 3 is 2.42 bits per heavy atom. The molecule has 0 aromatic heterocycles. The van der Waals surface area contributed by atoms with Crippen LogP contribution >= 0.6 is 16.9 Å². The summed E-state index contributed by atoms with van der Waals surface area (Å²) in [5, 5.41) is 0. The summed E-state index contributed by atoms with van der Waals surface area (Å²) >= 11 is 6.67. The Labute approximate surface area is 126 Å². The van der Waals surface area contributed by atoms with Crippen LogP contribution in [0.5, 0.6) is 0 Å². The highest BCUT2D eigenvalue weighted by atomic mass is 32.9. The monoisotopic (exact) mass is 316 g/mol. The van der Waals surface area contributed by atoms with E-state index < -0.39 is 5.54 Å². The summed E-state index contributed by atoms with van der Waals surface area (Å²) in [6, 6.07) is 10.8. The highest BCUT2D eigenvalue weighted by Gasteiger charge is 2.12. The van der Waals surface area contributed by atoms with Gasteiger partial charge in [-0.2, -0.15) is 0 Å². The topological polar surface area (TPSA) is 52.0 Å². The minimum absolute atomic E-state index is 0.613. The molecule has 5 heteroatoms. The second kappa shape index (κ2) is 9.15. The van der Waals surface area contributed by atoms with Crippen molar-refractivity contribution in [3.63, 3.8) is 0 Å². The van der Waals surface area contributed by atoms with Gasteiger partial charge in [-0.3, -0.25) is 11.0 Å². The molecule has 0 spiro atoms. The van der Waals surface area contributed by atoms with E-state index in [0.717, 1.165) is 12.2 Å². The third-order valence-electron chi connectivity index (χ3n) is 3.19. The zero-order valence-electron chi connectivity index (χ0n) is 11.6. The van der Waals surface area contributed by atoms with E-state index in [1.807, 2.05) is 0 Å². The highest BCUT2D eigenvalue weighted by Crippen LogP contribution is 2.44. The minimum Gasteiger partial charge on any atom is -0.283 e. The van der Waals surface area contributed by atoms with Crippen molar-refractivity contribution in [3.05, 3.63) is 35.9 Å². The zero-order valence-corrected chi connectivity index (χ0v) is 14.2. The van der Waals surface area contributed by atoms with Crippen LogP contribution in [-0.4, -0.2) is 5.75 Å². The Kier molecular flexibility index (Phi) is 8.27. The molecule has 1 aromatic carbocycles. The highest BCUT2D eigenvalue weighted by molar-refractivity contribution is 8.69. The first-order valence-electron chi connectivity index (χ1n) is 6.89. The van der Waals surface area contributed by atoms with Crippen molar-refractivity contribution in [2.24, 2.45) is 11.0 Å². The Hall–Kier alpha value is 0.140. The van der Waals surface area contributed by atoms with E-state index >= 15 is 0 Å². The summed E-state index contributed by atoms with van der Waals surface area (Å²) < 4.78 is 0. The Morgan fingerprint density at radius 2 is 1.84 bits per heavy atom. The third kappa shape index (κ3) is 8.11. The molecule has 4 N–H and O–H groups in total. The van der Waals surface area contributed by atoms with Gasteiger partial charge in [0.2, 0.25) is 0 Å². The molecule has 0 fully saturated rings. The molecule has 0 radical (unpaired) electrons. The minimum atomic E-state index is -2.10. The molecular formula is C14H25N2PS2. The van der Waals surface area contributed by atoms with Gasteiger partial charge in [-0.15, -0.1) is 0 Å². The van der Waals surface area contributed by atoms with Crippen LogP contribution in [0.2, 0.25) is 0 Å². The smallest absolute Gasteiger partial charge is 0.122 e. The van der Waals surface area contributed by atoms with Crippen molar-refractivity contribution in [1.82, 2.24) is 0 Å². The molecule has 2 nitrogen and oxygen atoms in total. The van der Waals surface area contributed by atoms with Gasteiger partial charge in [0.05, 0.1) is 0 Å². The van der Waals surface area contributed by atoms with Crippen molar-refractivity contribution < 1.29 is 0 Å². The van der Waals surface area contributed by atoms with Crippen LogP contribution in [0.25, 0.3) is 0 Å². The van der Waals surface area contributed by atoms with E-state index in [-0.39, 0.29) is 0 Å². The van der Waals surface area contributed by atoms with Gasteiger partial charge in [0.25, 0.3) is 0 Å². The average molecular weight is 316 g/mol. The van der Waals surface area contributed by atoms with Crippen LogP contribution in [0.1, 0.15) is 50.5 Å². The summed E-state index contributed by atoms with van der Waals surface area (Å²) in [4.78, 5) is 0. The molecule has 0 aliphatic carbocycles. The summed E-state index contributed by atoms with van der Waals surface area (Å²) in [7, 11) is 0. The molecule has 1 unspecified atom stereocenters. The third-order valence-corrected chi connectivity index (χ3v) is 6.72. The van der Waals surface area contributed by atoms with E-state index in [2.05, 4.69) is 37.3 Å². The lowest BCUT2D eigenvalue weighted by Gasteiger charge is -2.18. The Morgan fingerprint density at radius 1 is 1.16 bits per heavy atom. The Bertz CT molecular complexity index is 392. The molecule has 108 valence electrons. The van der Waals surface area contributed by atoms with E-state index in [1.165, 1.54) is 31.2 Å². The molecule has 0 aliphatic heterocycles. The largest absolute Gasteiger partial charge is 0.283 e. The molecule has 1 rings (SSSR count). The molecular weight excluding hydrogens is 291 g/mol. The molecule has 0 aliphatic rings. The molecule has 1 atom stereocenters. The van der Waals surface area contributed by atoms with Crippen LogP contribution in [0.3, 0.4) is 0 Å². The van der Waals surface area contributed by atoms with Gasteiger partial charge in [0, 0.05) is 5.75 Å².